The molecular weight excluding hydrogens is 258 g/mol. The zero-order valence-electron chi connectivity index (χ0n) is 11.1. The molecule has 0 saturated heterocycles. The van der Waals surface area contributed by atoms with Crippen molar-refractivity contribution in [2.45, 2.75) is 44.2 Å². The van der Waals surface area contributed by atoms with E-state index in [1.807, 2.05) is 4.68 Å². The normalized spacial score (nSPS) is 34.6. The molecule has 0 aromatic carbocycles. The lowest BCUT2D eigenvalue weighted by Gasteiger charge is -2.15. The Labute approximate surface area is 116 Å². The number of carbonyl (C=O) groups excluding carboxylic acids is 1. The Kier molecular flexibility index (Phi) is 2.29. The fourth-order valence-corrected chi connectivity index (χ4v) is 3.53. The van der Waals surface area contributed by atoms with E-state index in [2.05, 4.69) is 10.4 Å². The van der Waals surface area contributed by atoms with Gasteiger partial charge in [-0.3, -0.25) is 14.3 Å². The Morgan fingerprint density at radius 1 is 1.40 bits per heavy atom. The van der Waals surface area contributed by atoms with Crippen LogP contribution in [0.3, 0.4) is 0 Å². The molecule has 20 heavy (non-hydrogen) atoms. The smallest absolute Gasteiger partial charge is 0.310 e. The van der Waals surface area contributed by atoms with Gasteiger partial charge in [-0.15, -0.1) is 0 Å². The molecule has 0 unspecified atom stereocenters. The van der Waals surface area contributed by atoms with Crippen molar-refractivity contribution in [2.75, 3.05) is 0 Å². The monoisotopic (exact) mass is 275 g/mol. The molecule has 0 radical (unpaired) electrons. The van der Waals surface area contributed by atoms with Gasteiger partial charge in [0.15, 0.2) is 0 Å². The SMILES string of the molecule is O=C(N[C@H]1C[C@@H]2C[C@]2(C(=O)O)C1)c1cnn(C2CC2)c1. The topological polar surface area (TPSA) is 84.2 Å². The van der Waals surface area contributed by atoms with Crippen molar-refractivity contribution in [1.29, 1.82) is 0 Å². The predicted octanol–water partition coefficient (Wildman–Crippen LogP) is 1.20. The summed E-state index contributed by atoms with van der Waals surface area (Å²) >= 11 is 0. The van der Waals surface area contributed by atoms with Gasteiger partial charge in [0.2, 0.25) is 0 Å². The van der Waals surface area contributed by atoms with Crippen molar-refractivity contribution in [3.05, 3.63) is 18.0 Å². The highest BCUT2D eigenvalue weighted by Gasteiger charge is 2.65. The summed E-state index contributed by atoms with van der Waals surface area (Å²) in [5, 5.41) is 16.4. The van der Waals surface area contributed by atoms with Gasteiger partial charge in [0, 0.05) is 12.2 Å². The van der Waals surface area contributed by atoms with Gasteiger partial charge in [-0.25, -0.2) is 0 Å². The van der Waals surface area contributed by atoms with Crippen LogP contribution in [0, 0.1) is 11.3 Å². The van der Waals surface area contributed by atoms with E-state index in [-0.39, 0.29) is 17.9 Å². The first kappa shape index (κ1) is 11.9. The number of rotatable bonds is 4. The Balaban J connectivity index is 1.39. The number of carboxylic acid groups (broad SMARTS) is 1. The van der Waals surface area contributed by atoms with Crippen LogP contribution in [0.15, 0.2) is 12.4 Å². The Bertz CT molecular complexity index is 592. The second-order valence-electron chi connectivity index (χ2n) is 6.41. The molecule has 3 aliphatic rings. The number of fused-ring (bicyclic) bond motifs is 1. The number of hydrogen-bond acceptors (Lipinski definition) is 3. The first-order chi connectivity index (χ1) is 9.58. The molecule has 3 saturated carbocycles. The minimum Gasteiger partial charge on any atom is -0.481 e. The zero-order chi connectivity index (χ0) is 13.9. The molecule has 106 valence electrons. The third-order valence-electron chi connectivity index (χ3n) is 4.96. The van der Waals surface area contributed by atoms with Gasteiger partial charge in [-0.1, -0.05) is 0 Å². The van der Waals surface area contributed by atoms with Gasteiger partial charge in [-0.05, 0) is 38.0 Å². The maximum atomic E-state index is 12.1. The highest BCUT2D eigenvalue weighted by atomic mass is 16.4. The number of amides is 1. The van der Waals surface area contributed by atoms with Crippen LogP contribution in [0.5, 0.6) is 0 Å². The van der Waals surface area contributed by atoms with Crippen molar-refractivity contribution in [3.63, 3.8) is 0 Å². The lowest BCUT2D eigenvalue weighted by molar-refractivity contribution is -0.143. The third kappa shape index (κ3) is 1.74. The van der Waals surface area contributed by atoms with Crippen molar-refractivity contribution in [3.8, 4) is 0 Å². The van der Waals surface area contributed by atoms with E-state index in [0.717, 1.165) is 25.7 Å². The van der Waals surface area contributed by atoms with Crippen LogP contribution in [-0.2, 0) is 4.79 Å². The van der Waals surface area contributed by atoms with E-state index in [9.17, 15) is 14.7 Å². The van der Waals surface area contributed by atoms with Crippen molar-refractivity contribution >= 4 is 11.9 Å². The highest BCUT2D eigenvalue weighted by molar-refractivity contribution is 5.94. The van der Waals surface area contributed by atoms with Crippen LogP contribution < -0.4 is 5.32 Å². The van der Waals surface area contributed by atoms with E-state index < -0.39 is 11.4 Å². The predicted molar refractivity (Wildman–Crippen MR) is 69.2 cm³/mol. The number of aliphatic carboxylic acids is 1. The molecule has 0 bridgehead atoms. The van der Waals surface area contributed by atoms with Gasteiger partial charge in [0.25, 0.3) is 5.91 Å². The molecular formula is C14H17N3O3. The fourth-order valence-electron chi connectivity index (χ4n) is 3.53. The van der Waals surface area contributed by atoms with Gasteiger partial charge in [-0.2, -0.15) is 5.10 Å². The summed E-state index contributed by atoms with van der Waals surface area (Å²) in [5.41, 5.74) is 0.0257. The third-order valence-corrected chi connectivity index (χ3v) is 4.96. The Hall–Kier alpha value is -1.85. The first-order valence-corrected chi connectivity index (χ1v) is 7.17. The zero-order valence-corrected chi connectivity index (χ0v) is 11.1. The maximum Gasteiger partial charge on any atom is 0.310 e. The molecule has 6 heteroatoms. The van der Waals surface area contributed by atoms with Crippen LogP contribution in [0.2, 0.25) is 0 Å². The van der Waals surface area contributed by atoms with Gasteiger partial charge >= 0.3 is 5.97 Å². The largest absolute Gasteiger partial charge is 0.481 e. The van der Waals surface area contributed by atoms with E-state index in [0.29, 0.717) is 18.0 Å². The lowest BCUT2D eigenvalue weighted by Crippen LogP contribution is -2.34. The number of nitrogens with zero attached hydrogens (tertiary/aromatic N) is 2. The van der Waals surface area contributed by atoms with Gasteiger partial charge < -0.3 is 10.4 Å². The molecule has 4 rings (SSSR count). The minimum absolute atomic E-state index is 0.0124. The molecule has 1 aromatic heterocycles. The molecule has 3 aliphatic carbocycles. The molecule has 6 nitrogen and oxygen atoms in total. The first-order valence-electron chi connectivity index (χ1n) is 7.17. The molecule has 1 amide bonds. The van der Waals surface area contributed by atoms with E-state index in [1.165, 1.54) is 0 Å². The van der Waals surface area contributed by atoms with Crippen LogP contribution in [0.4, 0.5) is 0 Å². The molecule has 0 aliphatic heterocycles. The van der Waals surface area contributed by atoms with E-state index in [4.69, 9.17) is 0 Å². The van der Waals surface area contributed by atoms with Gasteiger partial charge in [0.05, 0.1) is 23.2 Å². The van der Waals surface area contributed by atoms with Crippen molar-refractivity contribution in [1.82, 2.24) is 15.1 Å². The summed E-state index contributed by atoms with van der Waals surface area (Å²) in [6, 6.07) is 0.451. The number of carbonyl (C=O) groups is 2. The summed E-state index contributed by atoms with van der Waals surface area (Å²) in [6.45, 7) is 0. The van der Waals surface area contributed by atoms with E-state index in [1.54, 1.807) is 12.4 Å². The van der Waals surface area contributed by atoms with Crippen LogP contribution in [-0.4, -0.2) is 32.8 Å². The van der Waals surface area contributed by atoms with E-state index >= 15 is 0 Å². The summed E-state index contributed by atoms with van der Waals surface area (Å²) in [4.78, 5) is 23.4. The van der Waals surface area contributed by atoms with Crippen LogP contribution in [0.1, 0.15) is 48.5 Å². The van der Waals surface area contributed by atoms with Crippen molar-refractivity contribution < 1.29 is 14.7 Å². The fraction of sp³-hybridized carbons (Fsp3) is 0.643. The average molecular weight is 275 g/mol. The quantitative estimate of drug-likeness (QED) is 0.864. The summed E-state index contributed by atoms with van der Waals surface area (Å²) in [7, 11) is 0. The second kappa shape index (κ2) is 3.84. The number of nitrogens with one attached hydrogen (secondary N) is 1. The minimum atomic E-state index is -0.708. The Morgan fingerprint density at radius 3 is 2.85 bits per heavy atom. The molecule has 1 heterocycles. The molecule has 2 N–H and O–H groups in total. The summed E-state index contributed by atoms with van der Waals surface area (Å²) < 4.78 is 1.85. The highest BCUT2D eigenvalue weighted by Crippen LogP contribution is 2.63. The van der Waals surface area contributed by atoms with Crippen LogP contribution in [0.25, 0.3) is 0 Å². The molecule has 1 aromatic rings. The maximum absolute atomic E-state index is 12.1. The lowest BCUT2D eigenvalue weighted by atomic mass is 10.0. The molecule has 3 atom stereocenters. The molecule has 3 fully saturated rings. The number of hydrogen-bond donors (Lipinski definition) is 2. The summed E-state index contributed by atoms with van der Waals surface area (Å²) in [5.74, 6) is -0.593. The summed E-state index contributed by atoms with van der Waals surface area (Å²) in [6.07, 6.45) is 7.77. The van der Waals surface area contributed by atoms with Gasteiger partial charge in [0.1, 0.15) is 0 Å². The average Bonchev–Trinajstić information content (AvgIpc) is 3.29. The van der Waals surface area contributed by atoms with Crippen molar-refractivity contribution in [2.24, 2.45) is 11.3 Å². The number of carboxylic acids is 1. The Morgan fingerprint density at radius 2 is 2.20 bits per heavy atom. The van der Waals surface area contributed by atoms with Crippen LogP contribution >= 0.6 is 0 Å². The number of aromatic nitrogens is 2. The molecule has 0 spiro atoms. The second-order valence-corrected chi connectivity index (χ2v) is 6.41. The standard InChI is InChI=1S/C14H17N3O3/c18-12(8-6-15-17(7-8)11-1-2-11)16-10-3-9-4-14(9,5-10)13(19)20/h6-7,9-11H,1-5H2,(H,16,18)(H,19,20)/t9-,10+,14+/m1/s1.